The second kappa shape index (κ2) is 4.43. The Kier molecular flexibility index (Phi) is 2.75. The second-order valence-corrected chi connectivity index (χ2v) is 4.96. The molecule has 0 atom stereocenters. The van der Waals surface area contributed by atoms with E-state index in [1.54, 1.807) is 4.90 Å². The highest BCUT2D eigenvalue weighted by atomic mass is 16.2. The molecule has 3 nitrogen and oxygen atoms in total. The molecule has 0 spiro atoms. The van der Waals surface area contributed by atoms with Gasteiger partial charge in [-0.25, -0.2) is 0 Å². The van der Waals surface area contributed by atoms with E-state index in [-0.39, 0.29) is 5.91 Å². The summed E-state index contributed by atoms with van der Waals surface area (Å²) in [6.07, 6.45) is 0. The quantitative estimate of drug-likeness (QED) is 0.844. The topological polar surface area (TPSA) is 32.3 Å². The van der Waals surface area contributed by atoms with E-state index in [2.05, 4.69) is 11.4 Å². The molecular weight excluding hydrogens is 236 g/mol. The van der Waals surface area contributed by atoms with Crippen molar-refractivity contribution in [3.05, 3.63) is 59.2 Å². The first-order chi connectivity index (χ1) is 9.15. The van der Waals surface area contributed by atoms with Crippen LogP contribution in [0.1, 0.15) is 21.5 Å². The number of amides is 1. The molecule has 3 rings (SSSR count). The Hall–Kier alpha value is -2.29. The number of anilines is 2. The fourth-order valence-electron chi connectivity index (χ4n) is 2.52. The standard InChI is InChI=1S/C16H16N2O/c1-11-7-12(2)9-13(8-11)18-10-17-15-6-4-3-5-14(15)16(18)19/h3-9,17H,10H2,1-2H3. The highest BCUT2D eigenvalue weighted by Gasteiger charge is 2.24. The molecule has 1 amide bonds. The van der Waals surface area contributed by atoms with Gasteiger partial charge in [-0.1, -0.05) is 18.2 Å². The smallest absolute Gasteiger partial charge is 0.261 e. The Bertz CT molecular complexity index is 629. The highest BCUT2D eigenvalue weighted by molar-refractivity contribution is 6.11. The van der Waals surface area contributed by atoms with Crippen LogP contribution < -0.4 is 10.2 Å². The summed E-state index contributed by atoms with van der Waals surface area (Å²) in [5.41, 5.74) is 4.92. The maximum Gasteiger partial charge on any atom is 0.261 e. The van der Waals surface area contributed by atoms with E-state index in [0.29, 0.717) is 6.67 Å². The average Bonchev–Trinajstić information content (AvgIpc) is 2.38. The number of hydrogen-bond acceptors (Lipinski definition) is 2. The molecule has 0 aliphatic carbocycles. The molecule has 1 aliphatic rings. The molecule has 2 aromatic carbocycles. The molecule has 1 N–H and O–H groups in total. The van der Waals surface area contributed by atoms with E-state index in [9.17, 15) is 4.79 Å². The minimum Gasteiger partial charge on any atom is -0.367 e. The summed E-state index contributed by atoms with van der Waals surface area (Å²) in [6, 6.07) is 13.8. The maximum atomic E-state index is 12.5. The number of rotatable bonds is 1. The second-order valence-electron chi connectivity index (χ2n) is 4.96. The number of carbonyl (C=O) groups is 1. The number of para-hydroxylation sites is 1. The van der Waals surface area contributed by atoms with Gasteiger partial charge in [0.1, 0.15) is 0 Å². The molecule has 0 unspecified atom stereocenters. The predicted octanol–water partition coefficient (Wildman–Crippen LogP) is 3.33. The summed E-state index contributed by atoms with van der Waals surface area (Å²) in [4.78, 5) is 14.3. The Morgan fingerprint density at radius 3 is 2.47 bits per heavy atom. The number of hydrogen-bond donors (Lipinski definition) is 1. The third-order valence-corrected chi connectivity index (χ3v) is 3.35. The van der Waals surface area contributed by atoms with Gasteiger partial charge in [0.2, 0.25) is 0 Å². The summed E-state index contributed by atoms with van der Waals surface area (Å²) in [7, 11) is 0. The largest absolute Gasteiger partial charge is 0.367 e. The van der Waals surface area contributed by atoms with Gasteiger partial charge >= 0.3 is 0 Å². The minimum absolute atomic E-state index is 0.0550. The van der Waals surface area contributed by atoms with Crippen LogP contribution >= 0.6 is 0 Å². The fourth-order valence-corrected chi connectivity index (χ4v) is 2.52. The van der Waals surface area contributed by atoms with E-state index in [1.165, 1.54) is 11.1 Å². The van der Waals surface area contributed by atoms with Crippen LogP contribution in [0.15, 0.2) is 42.5 Å². The molecule has 0 saturated carbocycles. The third-order valence-electron chi connectivity index (χ3n) is 3.35. The van der Waals surface area contributed by atoms with Crippen LogP contribution in [0.5, 0.6) is 0 Å². The predicted molar refractivity (Wildman–Crippen MR) is 77.7 cm³/mol. The first-order valence-electron chi connectivity index (χ1n) is 6.38. The lowest BCUT2D eigenvalue weighted by molar-refractivity contribution is 0.0986. The van der Waals surface area contributed by atoms with Gasteiger partial charge in [-0.3, -0.25) is 9.69 Å². The fraction of sp³-hybridized carbons (Fsp3) is 0.188. The van der Waals surface area contributed by atoms with Crippen molar-refractivity contribution < 1.29 is 4.79 Å². The lowest BCUT2D eigenvalue weighted by Gasteiger charge is -2.30. The van der Waals surface area contributed by atoms with Crippen molar-refractivity contribution in [1.29, 1.82) is 0 Å². The third kappa shape index (κ3) is 2.08. The molecule has 0 saturated heterocycles. The zero-order valence-electron chi connectivity index (χ0n) is 11.1. The maximum absolute atomic E-state index is 12.5. The van der Waals surface area contributed by atoms with Gasteiger partial charge in [-0.2, -0.15) is 0 Å². The lowest BCUT2D eigenvalue weighted by Crippen LogP contribution is -2.40. The van der Waals surface area contributed by atoms with E-state index in [0.717, 1.165) is 16.9 Å². The van der Waals surface area contributed by atoms with Crippen LogP contribution in [0.3, 0.4) is 0 Å². The van der Waals surface area contributed by atoms with E-state index in [1.807, 2.05) is 50.2 Å². The highest BCUT2D eigenvalue weighted by Crippen LogP contribution is 2.27. The number of carbonyl (C=O) groups excluding carboxylic acids is 1. The Balaban J connectivity index is 2.02. The van der Waals surface area contributed by atoms with Gasteiger partial charge in [-0.05, 0) is 49.2 Å². The summed E-state index contributed by atoms with van der Waals surface area (Å²) in [5, 5.41) is 3.29. The van der Waals surface area contributed by atoms with Gasteiger partial charge in [0.05, 0.1) is 12.2 Å². The minimum atomic E-state index is 0.0550. The van der Waals surface area contributed by atoms with Gasteiger partial charge in [-0.15, -0.1) is 0 Å². The van der Waals surface area contributed by atoms with Crippen LogP contribution in [0.4, 0.5) is 11.4 Å². The van der Waals surface area contributed by atoms with Crippen molar-refractivity contribution in [2.75, 3.05) is 16.9 Å². The Morgan fingerprint density at radius 2 is 1.74 bits per heavy atom. The summed E-state index contributed by atoms with van der Waals surface area (Å²) in [6.45, 7) is 4.61. The number of aryl methyl sites for hydroxylation is 2. The van der Waals surface area contributed by atoms with Crippen molar-refractivity contribution in [1.82, 2.24) is 0 Å². The van der Waals surface area contributed by atoms with Crippen LogP contribution in [0.25, 0.3) is 0 Å². The SMILES string of the molecule is Cc1cc(C)cc(N2CNc3ccccc3C2=O)c1. The number of fused-ring (bicyclic) bond motifs is 1. The number of benzene rings is 2. The molecule has 19 heavy (non-hydrogen) atoms. The summed E-state index contributed by atoms with van der Waals surface area (Å²) < 4.78 is 0. The van der Waals surface area contributed by atoms with Gasteiger partial charge in [0.25, 0.3) is 5.91 Å². The Morgan fingerprint density at radius 1 is 1.05 bits per heavy atom. The first-order valence-corrected chi connectivity index (χ1v) is 6.38. The van der Waals surface area contributed by atoms with Crippen LogP contribution in [-0.2, 0) is 0 Å². The zero-order valence-corrected chi connectivity index (χ0v) is 11.1. The van der Waals surface area contributed by atoms with Crippen molar-refractivity contribution in [3.63, 3.8) is 0 Å². The molecule has 1 heterocycles. The number of nitrogens with zero attached hydrogens (tertiary/aromatic N) is 1. The van der Waals surface area contributed by atoms with E-state index in [4.69, 9.17) is 0 Å². The lowest BCUT2D eigenvalue weighted by atomic mass is 10.1. The normalized spacial score (nSPS) is 14.0. The van der Waals surface area contributed by atoms with Crippen molar-refractivity contribution >= 4 is 17.3 Å². The molecule has 1 aliphatic heterocycles. The van der Waals surface area contributed by atoms with E-state index < -0.39 is 0 Å². The van der Waals surface area contributed by atoms with Crippen molar-refractivity contribution in [2.24, 2.45) is 0 Å². The number of nitrogens with one attached hydrogen (secondary N) is 1. The van der Waals surface area contributed by atoms with Gasteiger partial charge in [0, 0.05) is 11.4 Å². The summed E-state index contributed by atoms with van der Waals surface area (Å²) >= 11 is 0. The average molecular weight is 252 g/mol. The Labute approximate surface area is 112 Å². The van der Waals surface area contributed by atoms with Crippen molar-refractivity contribution in [3.8, 4) is 0 Å². The zero-order chi connectivity index (χ0) is 13.4. The monoisotopic (exact) mass is 252 g/mol. The molecule has 0 aromatic heterocycles. The molecule has 0 radical (unpaired) electrons. The molecule has 3 heteroatoms. The molecule has 0 fully saturated rings. The molecule has 0 bridgehead atoms. The first kappa shape index (κ1) is 11.8. The molecular formula is C16H16N2O. The van der Waals surface area contributed by atoms with Crippen LogP contribution in [0, 0.1) is 13.8 Å². The molecule has 96 valence electrons. The van der Waals surface area contributed by atoms with Gasteiger partial charge in [0.15, 0.2) is 0 Å². The summed E-state index contributed by atoms with van der Waals surface area (Å²) in [5.74, 6) is 0.0550. The van der Waals surface area contributed by atoms with Crippen molar-refractivity contribution in [2.45, 2.75) is 13.8 Å². The van der Waals surface area contributed by atoms with Crippen LogP contribution in [0.2, 0.25) is 0 Å². The van der Waals surface area contributed by atoms with E-state index >= 15 is 0 Å². The molecule has 2 aromatic rings. The van der Waals surface area contributed by atoms with Gasteiger partial charge < -0.3 is 5.32 Å². The van der Waals surface area contributed by atoms with Crippen LogP contribution in [-0.4, -0.2) is 12.6 Å².